The van der Waals surface area contributed by atoms with E-state index in [0.29, 0.717) is 38.5 Å². The highest BCUT2D eigenvalue weighted by Gasteiger charge is 2.30. The lowest BCUT2D eigenvalue weighted by atomic mass is 10.2. The first kappa shape index (κ1) is 26.3. The van der Waals surface area contributed by atoms with Crippen LogP contribution in [0.25, 0.3) is 0 Å². The average molecular weight is 528 g/mol. The second-order valence-corrected chi connectivity index (χ2v) is 10.3. The predicted octanol–water partition coefficient (Wildman–Crippen LogP) is 3.78. The molecule has 4 rings (SSSR count). The topological polar surface area (TPSA) is 79.4 Å². The summed E-state index contributed by atoms with van der Waals surface area (Å²) in [5, 5.41) is 0. The van der Waals surface area contributed by atoms with E-state index < -0.39 is 22.4 Å². The summed E-state index contributed by atoms with van der Waals surface area (Å²) in [7, 11) is -2.49. The van der Waals surface area contributed by atoms with Crippen LogP contribution >= 0.6 is 0 Å². The van der Waals surface area contributed by atoms with Gasteiger partial charge in [-0.15, -0.1) is 0 Å². The Bertz CT molecular complexity index is 1290. The molecule has 0 bridgehead atoms. The second-order valence-electron chi connectivity index (χ2n) is 8.46. The number of anilines is 2. The number of amides is 1. The molecular weight excluding hydrogens is 497 g/mol. The number of piperazine rings is 1. The number of methoxy groups -OCH3 is 1. The highest BCUT2D eigenvalue weighted by molar-refractivity contribution is 7.92. The van der Waals surface area contributed by atoms with E-state index in [1.165, 1.54) is 36.4 Å². The van der Waals surface area contributed by atoms with Crippen molar-refractivity contribution in [1.29, 1.82) is 0 Å². The molecule has 3 aromatic carbocycles. The zero-order valence-corrected chi connectivity index (χ0v) is 21.7. The minimum atomic E-state index is -4.11. The molecule has 1 fully saturated rings. The average Bonchev–Trinajstić information content (AvgIpc) is 2.93. The first-order valence-electron chi connectivity index (χ1n) is 12.0. The summed E-state index contributed by atoms with van der Waals surface area (Å²) >= 11 is 0. The first-order chi connectivity index (χ1) is 17.8. The van der Waals surface area contributed by atoms with Crippen molar-refractivity contribution in [2.24, 2.45) is 0 Å². The molecule has 8 nitrogen and oxygen atoms in total. The third kappa shape index (κ3) is 6.14. The molecule has 10 heteroatoms. The lowest BCUT2D eigenvalue weighted by Gasteiger charge is -2.37. The van der Waals surface area contributed by atoms with Crippen LogP contribution in [0, 0.1) is 5.82 Å². The van der Waals surface area contributed by atoms with Gasteiger partial charge in [-0.3, -0.25) is 9.10 Å². The number of hydrogen-bond donors (Lipinski definition) is 0. The second kappa shape index (κ2) is 11.5. The smallest absolute Gasteiger partial charge is 0.264 e. The summed E-state index contributed by atoms with van der Waals surface area (Å²) in [6.07, 6.45) is 0. The van der Waals surface area contributed by atoms with Crippen LogP contribution in [0.15, 0.2) is 77.7 Å². The van der Waals surface area contributed by atoms with E-state index >= 15 is 0 Å². The van der Waals surface area contributed by atoms with Gasteiger partial charge in [-0.2, -0.15) is 0 Å². The maximum atomic E-state index is 13.6. The van der Waals surface area contributed by atoms with Crippen molar-refractivity contribution in [1.82, 2.24) is 4.90 Å². The van der Waals surface area contributed by atoms with Crippen LogP contribution in [0.2, 0.25) is 0 Å². The number of ether oxygens (including phenoxy) is 2. The van der Waals surface area contributed by atoms with Gasteiger partial charge in [0.25, 0.3) is 10.0 Å². The molecule has 0 radical (unpaired) electrons. The van der Waals surface area contributed by atoms with Crippen LogP contribution in [-0.4, -0.2) is 65.7 Å². The van der Waals surface area contributed by atoms with Crippen molar-refractivity contribution >= 4 is 27.3 Å². The highest BCUT2D eigenvalue weighted by atomic mass is 32.2. The van der Waals surface area contributed by atoms with E-state index in [2.05, 4.69) is 4.90 Å². The molecule has 1 aliphatic rings. The first-order valence-corrected chi connectivity index (χ1v) is 13.4. The molecule has 0 atom stereocenters. The van der Waals surface area contributed by atoms with E-state index in [1.54, 1.807) is 24.1 Å². The van der Waals surface area contributed by atoms with E-state index in [1.807, 2.05) is 31.2 Å². The van der Waals surface area contributed by atoms with Crippen molar-refractivity contribution in [3.63, 3.8) is 0 Å². The number of benzene rings is 3. The van der Waals surface area contributed by atoms with Gasteiger partial charge in [-0.05, 0) is 79.7 Å². The standard InChI is InChI=1S/C27H30FN3O5S/c1-3-36-25-12-14-26(15-13-25)37(33,34)31(23-6-4-21(28)5-7-23)20-27(32)30-18-16-29(17-19-30)22-8-10-24(35-2)11-9-22/h4-15H,3,16-20H2,1-2H3. The Morgan fingerprint density at radius 2 is 1.49 bits per heavy atom. The third-order valence-corrected chi connectivity index (χ3v) is 7.97. The third-order valence-electron chi connectivity index (χ3n) is 6.19. The van der Waals surface area contributed by atoms with Crippen LogP contribution in [-0.2, 0) is 14.8 Å². The lowest BCUT2D eigenvalue weighted by Crippen LogP contribution is -2.52. The number of nitrogens with zero attached hydrogens (tertiary/aromatic N) is 3. The van der Waals surface area contributed by atoms with Gasteiger partial charge < -0.3 is 19.3 Å². The Hall–Kier alpha value is -3.79. The summed E-state index contributed by atoms with van der Waals surface area (Å²) in [6.45, 7) is 4.01. The predicted molar refractivity (Wildman–Crippen MR) is 140 cm³/mol. The highest BCUT2D eigenvalue weighted by Crippen LogP contribution is 2.26. The van der Waals surface area contributed by atoms with E-state index in [0.717, 1.165) is 15.7 Å². The number of rotatable bonds is 9. The number of carbonyl (C=O) groups excluding carboxylic acids is 1. The van der Waals surface area contributed by atoms with Crippen molar-refractivity contribution in [3.05, 3.63) is 78.6 Å². The Balaban J connectivity index is 1.50. The Morgan fingerprint density at radius 1 is 0.892 bits per heavy atom. The monoisotopic (exact) mass is 527 g/mol. The fourth-order valence-electron chi connectivity index (χ4n) is 4.15. The SMILES string of the molecule is CCOc1ccc(S(=O)(=O)N(CC(=O)N2CCN(c3ccc(OC)cc3)CC2)c2ccc(F)cc2)cc1. The van der Waals surface area contributed by atoms with Gasteiger partial charge in [0.2, 0.25) is 5.91 Å². The summed E-state index contributed by atoms with van der Waals surface area (Å²) in [5.41, 5.74) is 1.24. The van der Waals surface area contributed by atoms with Gasteiger partial charge in [0.15, 0.2) is 0 Å². The molecule has 1 saturated heterocycles. The molecule has 0 unspecified atom stereocenters. The van der Waals surface area contributed by atoms with Crippen LogP contribution < -0.4 is 18.7 Å². The molecular formula is C27H30FN3O5S. The zero-order chi connectivity index (χ0) is 26.4. The van der Waals surface area contributed by atoms with Crippen molar-refractivity contribution < 1.29 is 27.1 Å². The zero-order valence-electron chi connectivity index (χ0n) is 20.8. The molecule has 3 aromatic rings. The maximum Gasteiger partial charge on any atom is 0.264 e. The fraction of sp³-hybridized carbons (Fsp3) is 0.296. The Labute approximate surface area is 216 Å². The van der Waals surface area contributed by atoms with Gasteiger partial charge in [-0.25, -0.2) is 12.8 Å². The fourth-order valence-corrected chi connectivity index (χ4v) is 5.57. The van der Waals surface area contributed by atoms with Gasteiger partial charge in [0.05, 0.1) is 24.3 Å². The van der Waals surface area contributed by atoms with E-state index in [9.17, 15) is 17.6 Å². The molecule has 0 saturated carbocycles. The Kier molecular flexibility index (Phi) is 8.17. The molecule has 1 aliphatic heterocycles. The van der Waals surface area contributed by atoms with Gasteiger partial charge in [0, 0.05) is 31.9 Å². The molecule has 0 aromatic heterocycles. The normalized spacial score (nSPS) is 13.8. The number of carbonyl (C=O) groups is 1. The molecule has 0 N–H and O–H groups in total. The van der Waals surface area contributed by atoms with E-state index in [-0.39, 0.29) is 16.5 Å². The van der Waals surface area contributed by atoms with Crippen LogP contribution in [0.1, 0.15) is 6.92 Å². The summed E-state index contributed by atoms with van der Waals surface area (Å²) < 4.78 is 52.4. The number of halogens is 1. The van der Waals surface area contributed by atoms with Gasteiger partial charge >= 0.3 is 0 Å². The summed E-state index contributed by atoms with van der Waals surface area (Å²) in [4.78, 5) is 17.1. The van der Waals surface area contributed by atoms with Gasteiger partial charge in [0.1, 0.15) is 23.9 Å². The molecule has 1 heterocycles. The quantitative estimate of drug-likeness (QED) is 0.422. The minimum Gasteiger partial charge on any atom is -0.497 e. The van der Waals surface area contributed by atoms with Gasteiger partial charge in [-0.1, -0.05) is 0 Å². The summed E-state index contributed by atoms with van der Waals surface area (Å²) in [6, 6.07) is 18.8. The molecule has 1 amide bonds. The lowest BCUT2D eigenvalue weighted by molar-refractivity contribution is -0.129. The Morgan fingerprint density at radius 3 is 2.05 bits per heavy atom. The molecule has 0 spiro atoms. The van der Waals surface area contributed by atoms with E-state index in [4.69, 9.17) is 9.47 Å². The molecule has 196 valence electrons. The van der Waals surface area contributed by atoms with Crippen LogP contribution in [0.4, 0.5) is 15.8 Å². The molecule has 37 heavy (non-hydrogen) atoms. The van der Waals surface area contributed by atoms with Crippen molar-refractivity contribution in [2.75, 3.05) is 55.6 Å². The minimum absolute atomic E-state index is 0.0115. The maximum absolute atomic E-state index is 13.6. The van der Waals surface area contributed by atoms with Crippen LogP contribution in [0.3, 0.4) is 0 Å². The molecule has 0 aliphatic carbocycles. The number of sulfonamides is 1. The summed E-state index contributed by atoms with van der Waals surface area (Å²) in [5.74, 6) is 0.490. The van der Waals surface area contributed by atoms with Crippen molar-refractivity contribution in [3.8, 4) is 11.5 Å². The largest absolute Gasteiger partial charge is 0.497 e. The van der Waals surface area contributed by atoms with Crippen molar-refractivity contribution in [2.45, 2.75) is 11.8 Å². The van der Waals surface area contributed by atoms with Crippen LogP contribution in [0.5, 0.6) is 11.5 Å². The number of hydrogen-bond acceptors (Lipinski definition) is 6.